The third-order valence-corrected chi connectivity index (χ3v) is 15.7. The number of nitrogens with one attached hydrogen (secondary N) is 6. The Hall–Kier alpha value is -4.35. The van der Waals surface area contributed by atoms with Gasteiger partial charge in [-0.1, -0.05) is 88.4 Å². The standard InChI is InChI=1S/2C27H43ClN8.ClH/c2*1-4-35(5-2)24-16-15-21(18-23(24)28)31-27-33-25(29-19-22-14-11-17-36(22)6-3)32-26(34-27)30-20-12-9-7-8-10-13-20;/h2*15-16,18,20,22H,4-14,17,19H2,1-3H3,(H3,29,30,31,32,33,34);1H. The van der Waals surface area contributed by atoms with Gasteiger partial charge in [-0.3, -0.25) is 9.80 Å². The number of nitrogens with zero attached hydrogens (tertiary/aromatic N) is 10. The van der Waals surface area contributed by atoms with Gasteiger partial charge in [-0.2, -0.15) is 29.9 Å². The first-order valence-corrected chi connectivity index (χ1v) is 28.6. The lowest BCUT2D eigenvalue weighted by atomic mass is 10.1. The fourth-order valence-electron chi connectivity index (χ4n) is 10.9. The maximum Gasteiger partial charge on any atom is 0.233 e. The highest BCUT2D eigenvalue weighted by Gasteiger charge is 2.25. The van der Waals surface area contributed by atoms with Crippen LogP contribution in [0.1, 0.15) is 144 Å². The Morgan fingerprint density at radius 3 is 1.16 bits per heavy atom. The molecule has 2 atom stereocenters. The Morgan fingerprint density at radius 2 is 0.822 bits per heavy atom. The van der Waals surface area contributed by atoms with E-state index in [1.54, 1.807) is 0 Å². The van der Waals surface area contributed by atoms with Crippen molar-refractivity contribution in [2.45, 2.75) is 168 Å². The van der Waals surface area contributed by atoms with Crippen molar-refractivity contribution in [3.63, 3.8) is 0 Å². The fraction of sp³-hybridized carbons (Fsp3) is 0.667. The molecule has 16 nitrogen and oxygen atoms in total. The Balaban J connectivity index is 0.000000235. The molecule has 2 saturated carbocycles. The first-order chi connectivity index (χ1) is 35.2. The van der Waals surface area contributed by atoms with E-state index in [-0.39, 0.29) is 12.4 Å². The van der Waals surface area contributed by atoms with Crippen molar-refractivity contribution in [2.75, 3.05) is 107 Å². The first-order valence-electron chi connectivity index (χ1n) is 27.8. The van der Waals surface area contributed by atoms with Crippen LogP contribution < -0.4 is 41.7 Å². The Morgan fingerprint density at radius 1 is 0.466 bits per heavy atom. The van der Waals surface area contributed by atoms with Crippen LogP contribution in [0.4, 0.5) is 58.4 Å². The molecule has 2 aromatic carbocycles. The lowest BCUT2D eigenvalue weighted by Crippen LogP contribution is -2.35. The van der Waals surface area contributed by atoms with Crippen LogP contribution in [0, 0.1) is 0 Å². The molecule has 4 aliphatic rings. The topological polar surface area (TPSA) is 162 Å². The zero-order chi connectivity index (χ0) is 50.7. The third kappa shape index (κ3) is 17.3. The van der Waals surface area contributed by atoms with E-state index >= 15 is 0 Å². The van der Waals surface area contributed by atoms with Gasteiger partial charge in [-0.15, -0.1) is 12.4 Å². The molecule has 73 heavy (non-hydrogen) atoms. The fourth-order valence-corrected chi connectivity index (χ4v) is 11.5. The molecule has 0 radical (unpaired) electrons. The minimum absolute atomic E-state index is 0. The molecule has 8 rings (SSSR count). The van der Waals surface area contributed by atoms with Crippen LogP contribution in [0.25, 0.3) is 0 Å². The molecule has 6 N–H and O–H groups in total. The minimum Gasteiger partial charge on any atom is -0.371 e. The molecule has 2 aromatic heterocycles. The summed E-state index contributed by atoms with van der Waals surface area (Å²) in [5.41, 5.74) is 3.80. The second-order valence-electron chi connectivity index (χ2n) is 19.8. The maximum absolute atomic E-state index is 6.64. The van der Waals surface area contributed by atoms with Crippen LogP contribution in [0.15, 0.2) is 36.4 Å². The summed E-state index contributed by atoms with van der Waals surface area (Å²) in [6.07, 6.45) is 19.8. The average molecular weight is 1070 g/mol. The number of hydrogen-bond acceptors (Lipinski definition) is 16. The largest absolute Gasteiger partial charge is 0.371 e. The first kappa shape index (κ1) is 57.9. The van der Waals surface area contributed by atoms with E-state index in [0.29, 0.717) is 69.9 Å². The molecule has 4 aromatic rings. The van der Waals surface area contributed by atoms with Crippen molar-refractivity contribution in [3.05, 3.63) is 46.4 Å². The Labute approximate surface area is 453 Å². The summed E-state index contributed by atoms with van der Waals surface area (Å²) in [7, 11) is 0. The van der Waals surface area contributed by atoms with Crippen molar-refractivity contribution in [1.29, 1.82) is 0 Å². The van der Waals surface area contributed by atoms with Gasteiger partial charge in [0.15, 0.2) is 0 Å². The van der Waals surface area contributed by atoms with Gasteiger partial charge in [0.25, 0.3) is 0 Å². The summed E-state index contributed by atoms with van der Waals surface area (Å²) >= 11 is 13.3. The Bertz CT molecular complexity index is 2080. The maximum atomic E-state index is 6.64. The second-order valence-corrected chi connectivity index (χ2v) is 20.6. The number of likely N-dealkylation sites (tertiary alicyclic amines) is 2. The molecular formula is C54H87Cl3N16. The van der Waals surface area contributed by atoms with E-state index in [0.717, 1.165) is 101 Å². The van der Waals surface area contributed by atoms with Gasteiger partial charge in [0.1, 0.15) is 0 Å². The van der Waals surface area contributed by atoms with Gasteiger partial charge >= 0.3 is 0 Å². The van der Waals surface area contributed by atoms with Crippen LogP contribution in [0.2, 0.25) is 10.0 Å². The highest BCUT2D eigenvalue weighted by atomic mass is 35.5. The van der Waals surface area contributed by atoms with Crippen LogP contribution in [0.5, 0.6) is 0 Å². The van der Waals surface area contributed by atoms with Crippen LogP contribution in [0.3, 0.4) is 0 Å². The van der Waals surface area contributed by atoms with E-state index in [2.05, 4.69) is 105 Å². The molecular weight excluding hydrogens is 979 g/mol. The summed E-state index contributed by atoms with van der Waals surface area (Å²) in [6, 6.07) is 13.9. The van der Waals surface area contributed by atoms with Gasteiger partial charge in [-0.25, -0.2) is 0 Å². The normalized spacial score (nSPS) is 18.9. The zero-order valence-corrected chi connectivity index (χ0v) is 47.1. The van der Waals surface area contributed by atoms with Crippen LogP contribution in [-0.2, 0) is 0 Å². The van der Waals surface area contributed by atoms with E-state index in [4.69, 9.17) is 53.1 Å². The van der Waals surface area contributed by atoms with Gasteiger partial charge in [0, 0.05) is 74.8 Å². The molecule has 2 unspecified atom stereocenters. The van der Waals surface area contributed by atoms with E-state index < -0.39 is 0 Å². The van der Waals surface area contributed by atoms with Gasteiger partial charge in [-0.05, 0) is 142 Å². The number of aromatic nitrogens is 6. The number of hydrogen-bond donors (Lipinski definition) is 6. The highest BCUT2D eigenvalue weighted by Crippen LogP contribution is 2.32. The number of rotatable bonds is 22. The summed E-state index contributed by atoms with van der Waals surface area (Å²) in [6.45, 7) is 22.9. The van der Waals surface area contributed by atoms with Crippen molar-refractivity contribution in [2.24, 2.45) is 0 Å². The molecule has 2 aliphatic carbocycles. The van der Waals surface area contributed by atoms with E-state index in [1.807, 2.05) is 24.3 Å². The Kier molecular flexibility index (Phi) is 24.0. The lowest BCUT2D eigenvalue weighted by Gasteiger charge is -2.23. The van der Waals surface area contributed by atoms with Gasteiger partial charge in [0.05, 0.1) is 21.4 Å². The summed E-state index contributed by atoms with van der Waals surface area (Å²) in [4.78, 5) is 37.9. The number of likely N-dealkylation sites (N-methyl/N-ethyl adjacent to an activating group) is 2. The van der Waals surface area contributed by atoms with Crippen LogP contribution in [-0.4, -0.2) is 129 Å². The van der Waals surface area contributed by atoms with Gasteiger partial charge in [0.2, 0.25) is 35.7 Å². The number of anilines is 10. The number of halogens is 3. The molecule has 0 bridgehead atoms. The molecule has 19 heteroatoms. The van der Waals surface area contributed by atoms with Crippen molar-refractivity contribution < 1.29 is 0 Å². The lowest BCUT2D eigenvalue weighted by molar-refractivity contribution is 0.276. The van der Waals surface area contributed by atoms with Gasteiger partial charge < -0.3 is 41.7 Å². The molecule has 0 amide bonds. The molecule has 2 aliphatic heterocycles. The monoisotopic (exact) mass is 1060 g/mol. The minimum atomic E-state index is 0. The third-order valence-electron chi connectivity index (χ3n) is 15.1. The predicted octanol–water partition coefficient (Wildman–Crippen LogP) is 12.7. The van der Waals surface area contributed by atoms with Crippen molar-refractivity contribution in [1.82, 2.24) is 39.7 Å². The zero-order valence-electron chi connectivity index (χ0n) is 44.8. The molecule has 4 heterocycles. The number of benzene rings is 2. The van der Waals surface area contributed by atoms with E-state index in [9.17, 15) is 0 Å². The summed E-state index contributed by atoms with van der Waals surface area (Å²) < 4.78 is 0. The quantitative estimate of drug-likeness (QED) is 0.0412. The highest BCUT2D eigenvalue weighted by molar-refractivity contribution is 6.34. The SMILES string of the molecule is CCN(CC)c1ccc(Nc2nc(NCC3CCCN3CC)nc(NC3CCCCCC3)n2)cc1Cl.CCN(CC)c1ccc(Nc2nc(NCC3CCCN3CC)nc(NC3CCCCCC3)n2)cc1Cl.Cl. The summed E-state index contributed by atoms with van der Waals surface area (Å²) in [5.74, 6) is 3.52. The van der Waals surface area contributed by atoms with E-state index in [1.165, 1.54) is 90.1 Å². The second kappa shape index (κ2) is 30.3. The molecule has 0 spiro atoms. The smallest absolute Gasteiger partial charge is 0.233 e. The average Bonchev–Trinajstić information content (AvgIpc) is 3.87. The van der Waals surface area contributed by atoms with Crippen molar-refractivity contribution >= 4 is 94.0 Å². The van der Waals surface area contributed by atoms with Crippen LogP contribution >= 0.6 is 35.6 Å². The molecule has 4 fully saturated rings. The molecule has 2 saturated heterocycles. The molecule has 404 valence electrons. The summed E-state index contributed by atoms with van der Waals surface area (Å²) in [5, 5.41) is 22.4. The van der Waals surface area contributed by atoms with Crippen molar-refractivity contribution in [3.8, 4) is 0 Å². The predicted molar refractivity (Wildman–Crippen MR) is 311 cm³/mol.